The Kier molecular flexibility index (Phi) is 3.31. The van der Waals surface area contributed by atoms with Gasteiger partial charge in [-0.3, -0.25) is 0 Å². The molecule has 0 unspecified atom stereocenters. The summed E-state index contributed by atoms with van der Waals surface area (Å²) >= 11 is 0. The average molecular weight is 253 g/mol. The van der Waals surface area contributed by atoms with E-state index in [9.17, 15) is 4.39 Å². The van der Waals surface area contributed by atoms with Gasteiger partial charge in [0.15, 0.2) is 0 Å². The Morgan fingerprint density at radius 1 is 1.00 bits per heavy atom. The minimum absolute atomic E-state index is 0.0729. The van der Waals surface area contributed by atoms with Crippen molar-refractivity contribution in [1.82, 2.24) is 0 Å². The summed E-state index contributed by atoms with van der Waals surface area (Å²) in [6.07, 6.45) is 0. The summed E-state index contributed by atoms with van der Waals surface area (Å²) in [6.45, 7) is 0. The molecule has 0 aliphatic heterocycles. The van der Waals surface area contributed by atoms with Gasteiger partial charge in [-0.25, -0.2) is 4.39 Å². The van der Waals surface area contributed by atoms with Gasteiger partial charge in [0.2, 0.25) is 0 Å². The molecule has 0 atom stereocenters. The largest absolute Gasteiger partial charge is 0.454 e. The fourth-order valence-corrected chi connectivity index (χ4v) is 1.51. The minimum Gasteiger partial charge on any atom is -0.454 e. The normalized spacial score (nSPS) is 9.42. The highest BCUT2D eigenvalue weighted by molar-refractivity contribution is 5.58. The summed E-state index contributed by atoms with van der Waals surface area (Å²) in [5.74, 6) is -0.000818. The smallest absolute Gasteiger partial charge is 0.150 e. The van der Waals surface area contributed by atoms with Crippen LogP contribution in [0, 0.1) is 28.5 Å². The Morgan fingerprint density at radius 3 is 2.37 bits per heavy atom. The molecule has 2 rings (SSSR count). The van der Waals surface area contributed by atoms with E-state index in [0.717, 1.165) is 6.07 Å². The molecule has 4 nitrogen and oxygen atoms in total. The predicted molar refractivity (Wildman–Crippen MR) is 66.8 cm³/mol. The second-order valence-corrected chi connectivity index (χ2v) is 3.72. The van der Waals surface area contributed by atoms with Gasteiger partial charge in [0.1, 0.15) is 23.4 Å². The average Bonchev–Trinajstić information content (AvgIpc) is 2.42. The van der Waals surface area contributed by atoms with Crippen LogP contribution in [0.3, 0.4) is 0 Å². The molecule has 92 valence electrons. The maximum Gasteiger partial charge on any atom is 0.150 e. The van der Waals surface area contributed by atoms with Crippen molar-refractivity contribution in [2.24, 2.45) is 0 Å². The molecule has 0 radical (unpaired) electrons. The molecule has 19 heavy (non-hydrogen) atoms. The number of nitrogen functional groups attached to an aromatic ring is 1. The highest BCUT2D eigenvalue weighted by Gasteiger charge is 2.08. The number of rotatable bonds is 2. The number of hydrogen-bond acceptors (Lipinski definition) is 4. The van der Waals surface area contributed by atoms with E-state index in [1.807, 2.05) is 12.1 Å². The van der Waals surface area contributed by atoms with Crippen molar-refractivity contribution in [3.63, 3.8) is 0 Å². The van der Waals surface area contributed by atoms with Crippen molar-refractivity contribution < 1.29 is 9.13 Å². The summed E-state index contributed by atoms with van der Waals surface area (Å²) in [4.78, 5) is 0. The molecular weight excluding hydrogens is 245 g/mol. The zero-order chi connectivity index (χ0) is 13.8. The van der Waals surface area contributed by atoms with Gasteiger partial charge in [0.05, 0.1) is 22.9 Å². The number of anilines is 1. The molecule has 0 fully saturated rings. The molecule has 0 saturated heterocycles. The first-order chi connectivity index (χ1) is 9.13. The van der Waals surface area contributed by atoms with Crippen LogP contribution < -0.4 is 10.5 Å². The molecule has 0 aromatic heterocycles. The molecule has 0 aliphatic rings. The maximum atomic E-state index is 13.0. The van der Waals surface area contributed by atoms with Gasteiger partial charge in [-0.15, -0.1) is 0 Å². The number of ether oxygens (including phenoxy) is 1. The van der Waals surface area contributed by atoms with E-state index in [1.165, 1.54) is 24.3 Å². The second-order valence-electron chi connectivity index (χ2n) is 3.72. The van der Waals surface area contributed by atoms with Gasteiger partial charge < -0.3 is 10.5 Å². The Hall–Kier alpha value is -3.05. The number of halogens is 1. The molecule has 0 bridgehead atoms. The summed E-state index contributed by atoms with van der Waals surface area (Å²) in [5.41, 5.74) is 6.48. The highest BCUT2D eigenvalue weighted by Crippen LogP contribution is 2.30. The minimum atomic E-state index is -0.517. The first-order valence-corrected chi connectivity index (χ1v) is 5.31. The van der Waals surface area contributed by atoms with E-state index in [2.05, 4.69) is 0 Å². The van der Waals surface area contributed by atoms with Crippen LogP contribution in [0.25, 0.3) is 0 Å². The molecule has 0 aliphatic carbocycles. The molecular formula is C14H8FN3O. The van der Waals surface area contributed by atoms with Crippen molar-refractivity contribution in [3.8, 4) is 23.6 Å². The molecule has 5 heteroatoms. The summed E-state index contributed by atoms with van der Waals surface area (Å²) in [6, 6.07) is 11.9. The maximum absolute atomic E-state index is 13.0. The zero-order valence-electron chi connectivity index (χ0n) is 9.72. The van der Waals surface area contributed by atoms with Gasteiger partial charge in [0.25, 0.3) is 0 Å². The third kappa shape index (κ3) is 2.62. The molecule has 0 spiro atoms. The van der Waals surface area contributed by atoms with Crippen molar-refractivity contribution in [2.45, 2.75) is 0 Å². The van der Waals surface area contributed by atoms with Gasteiger partial charge in [-0.2, -0.15) is 10.5 Å². The van der Waals surface area contributed by atoms with E-state index in [1.54, 1.807) is 6.07 Å². The zero-order valence-corrected chi connectivity index (χ0v) is 9.72. The van der Waals surface area contributed by atoms with Crippen LogP contribution in [0.4, 0.5) is 10.1 Å². The molecule has 0 amide bonds. The number of benzene rings is 2. The Bertz CT molecular complexity index is 714. The van der Waals surface area contributed by atoms with Crippen molar-refractivity contribution in [3.05, 3.63) is 53.3 Å². The van der Waals surface area contributed by atoms with Gasteiger partial charge in [0, 0.05) is 0 Å². The fraction of sp³-hybridized carbons (Fsp3) is 0. The molecule has 2 aromatic rings. The van der Waals surface area contributed by atoms with Crippen molar-refractivity contribution in [2.75, 3.05) is 5.73 Å². The van der Waals surface area contributed by atoms with E-state index in [0.29, 0.717) is 11.3 Å². The Labute approximate surface area is 109 Å². The van der Waals surface area contributed by atoms with Crippen LogP contribution in [-0.4, -0.2) is 0 Å². The van der Waals surface area contributed by atoms with Gasteiger partial charge >= 0.3 is 0 Å². The van der Waals surface area contributed by atoms with E-state index in [-0.39, 0.29) is 17.0 Å². The van der Waals surface area contributed by atoms with Crippen LogP contribution in [0.1, 0.15) is 11.1 Å². The van der Waals surface area contributed by atoms with Crippen LogP contribution in [0.15, 0.2) is 36.4 Å². The lowest BCUT2D eigenvalue weighted by Gasteiger charge is -2.09. The lowest BCUT2D eigenvalue weighted by Crippen LogP contribution is -1.95. The van der Waals surface area contributed by atoms with E-state index >= 15 is 0 Å². The molecule has 0 heterocycles. The molecule has 0 saturated carbocycles. The lowest BCUT2D eigenvalue weighted by molar-refractivity contribution is 0.481. The molecule has 2 N–H and O–H groups in total. The Morgan fingerprint density at radius 2 is 1.74 bits per heavy atom. The van der Waals surface area contributed by atoms with Crippen molar-refractivity contribution in [1.29, 1.82) is 10.5 Å². The summed E-state index contributed by atoms with van der Waals surface area (Å²) < 4.78 is 18.4. The number of nitrogens with zero attached hydrogens (tertiary/aromatic N) is 2. The first kappa shape index (κ1) is 12.4. The van der Waals surface area contributed by atoms with E-state index in [4.69, 9.17) is 21.0 Å². The predicted octanol–water partition coefficient (Wildman–Crippen LogP) is 2.94. The topological polar surface area (TPSA) is 82.8 Å². The second kappa shape index (κ2) is 5.07. The highest BCUT2D eigenvalue weighted by atomic mass is 19.1. The lowest BCUT2D eigenvalue weighted by atomic mass is 10.2. The van der Waals surface area contributed by atoms with Crippen molar-refractivity contribution >= 4 is 5.69 Å². The standard InChI is InChI=1S/C14H8FN3O/c15-11-2-4-13(10(6-11)8-17)19-14-3-1-9(7-16)5-12(14)18/h1-6H,18H2. The Balaban J connectivity index is 2.37. The van der Waals surface area contributed by atoms with Crippen LogP contribution in [0.5, 0.6) is 11.5 Å². The first-order valence-electron chi connectivity index (χ1n) is 5.31. The quantitative estimate of drug-likeness (QED) is 0.834. The van der Waals surface area contributed by atoms with Crippen LogP contribution in [-0.2, 0) is 0 Å². The number of nitrogens with two attached hydrogens (primary N) is 1. The summed E-state index contributed by atoms with van der Waals surface area (Å²) in [7, 11) is 0. The van der Waals surface area contributed by atoms with Crippen LogP contribution in [0.2, 0.25) is 0 Å². The fourth-order valence-electron chi connectivity index (χ4n) is 1.51. The number of nitriles is 2. The van der Waals surface area contributed by atoms with Crippen LogP contribution >= 0.6 is 0 Å². The third-order valence-corrected chi connectivity index (χ3v) is 2.42. The van der Waals surface area contributed by atoms with E-state index < -0.39 is 5.82 Å². The SMILES string of the molecule is N#Cc1ccc(Oc2ccc(F)cc2C#N)c(N)c1. The monoisotopic (exact) mass is 253 g/mol. The van der Waals surface area contributed by atoms with Gasteiger partial charge in [-0.05, 0) is 36.4 Å². The number of hydrogen-bond donors (Lipinski definition) is 1. The third-order valence-electron chi connectivity index (χ3n) is 2.42. The van der Waals surface area contributed by atoms with Gasteiger partial charge in [-0.1, -0.05) is 0 Å². The molecule has 2 aromatic carbocycles. The summed E-state index contributed by atoms with van der Waals surface area (Å²) in [5, 5.41) is 17.6.